The summed E-state index contributed by atoms with van der Waals surface area (Å²) < 4.78 is 6.12. The van der Waals surface area contributed by atoms with Crippen LogP contribution in [0.15, 0.2) is 35.6 Å². The number of ether oxygens (including phenoxy) is 1. The lowest BCUT2D eigenvalue weighted by molar-refractivity contribution is 0.171. The molecule has 5 rings (SSSR count). The number of nitrogens with zero attached hydrogens (tertiary/aromatic N) is 4. The molecule has 1 aliphatic carbocycles. The number of hydrogen-bond donors (Lipinski definition) is 2. The van der Waals surface area contributed by atoms with Crippen molar-refractivity contribution in [2.24, 2.45) is 10.9 Å². The molecule has 7 heteroatoms. The second kappa shape index (κ2) is 8.79. The molecule has 32 heavy (non-hydrogen) atoms. The first-order chi connectivity index (χ1) is 15.5. The van der Waals surface area contributed by atoms with E-state index < -0.39 is 5.60 Å². The van der Waals surface area contributed by atoms with Gasteiger partial charge in [-0.3, -0.25) is 0 Å². The highest BCUT2D eigenvalue weighted by molar-refractivity contribution is 6.09. The Labute approximate surface area is 190 Å². The summed E-state index contributed by atoms with van der Waals surface area (Å²) in [5, 5.41) is 3.45. The van der Waals surface area contributed by atoms with E-state index in [0.29, 0.717) is 23.3 Å². The summed E-state index contributed by atoms with van der Waals surface area (Å²) in [5.41, 5.74) is 9.31. The Balaban J connectivity index is 1.26. The van der Waals surface area contributed by atoms with Crippen LogP contribution in [0.25, 0.3) is 0 Å². The number of aliphatic imine (C=N–C) groups is 1. The van der Waals surface area contributed by atoms with Crippen molar-refractivity contribution in [3.8, 4) is 5.88 Å². The van der Waals surface area contributed by atoms with Crippen LogP contribution >= 0.6 is 0 Å². The molecule has 3 aliphatic rings. The molecule has 7 nitrogen and oxygen atoms in total. The van der Waals surface area contributed by atoms with Gasteiger partial charge in [0.05, 0.1) is 5.71 Å². The molecule has 0 bridgehead atoms. The van der Waals surface area contributed by atoms with Gasteiger partial charge in [-0.15, -0.1) is 0 Å². The van der Waals surface area contributed by atoms with Gasteiger partial charge in [-0.2, -0.15) is 4.98 Å². The minimum atomic E-state index is -0.586. The molecule has 1 saturated carbocycles. The lowest BCUT2D eigenvalue weighted by atomic mass is 9.78. The van der Waals surface area contributed by atoms with Gasteiger partial charge in [-0.25, -0.2) is 9.98 Å². The van der Waals surface area contributed by atoms with Gasteiger partial charge in [0, 0.05) is 38.3 Å². The van der Waals surface area contributed by atoms with E-state index >= 15 is 0 Å². The van der Waals surface area contributed by atoms with Crippen molar-refractivity contribution in [2.45, 2.75) is 51.0 Å². The maximum Gasteiger partial charge on any atom is 0.246 e. The standard InChI is InChI=1S/C25H34N6O/c1-25(2)22(30-21-23(26)28-16-29-24(21)32-25)20-9-7-19(8-10-20)18-5-3-17(4-6-18)15-31-13-11-27-12-14-31/h7-10,16-18,27H,3-6,11-15H2,1-2H3,(H2,26,28,29)/t17-,18-. The van der Waals surface area contributed by atoms with Crippen molar-refractivity contribution in [2.75, 3.05) is 38.5 Å². The SMILES string of the molecule is CC1(C)Oc2ncnc(N)c2N=C1c1ccc([C@H]2CC[C@H](CN3CCNCC3)CC2)cc1. The fourth-order valence-corrected chi connectivity index (χ4v) is 5.35. The first kappa shape index (κ1) is 21.3. The molecule has 170 valence electrons. The van der Waals surface area contributed by atoms with Crippen LogP contribution in [0.5, 0.6) is 5.88 Å². The van der Waals surface area contributed by atoms with Gasteiger partial charge in [0.2, 0.25) is 5.88 Å². The average molecular weight is 435 g/mol. The Hall–Kier alpha value is -2.51. The molecular formula is C25H34N6O. The van der Waals surface area contributed by atoms with Gasteiger partial charge >= 0.3 is 0 Å². The van der Waals surface area contributed by atoms with Crippen molar-refractivity contribution < 1.29 is 4.74 Å². The third-order valence-corrected chi connectivity index (χ3v) is 7.19. The van der Waals surface area contributed by atoms with Gasteiger partial charge in [0.1, 0.15) is 11.9 Å². The highest BCUT2D eigenvalue weighted by Crippen LogP contribution is 2.40. The smallest absolute Gasteiger partial charge is 0.246 e. The number of nitrogen functional groups attached to an aromatic ring is 1. The largest absolute Gasteiger partial charge is 0.463 e. The fraction of sp³-hybridized carbons (Fsp3) is 0.560. The zero-order valence-electron chi connectivity index (χ0n) is 19.2. The van der Waals surface area contributed by atoms with Gasteiger partial charge in [-0.1, -0.05) is 24.3 Å². The molecule has 0 radical (unpaired) electrons. The third-order valence-electron chi connectivity index (χ3n) is 7.19. The number of aromatic nitrogens is 2. The van der Waals surface area contributed by atoms with Crippen LogP contribution in [-0.4, -0.2) is 58.9 Å². The molecule has 2 aliphatic heterocycles. The molecule has 1 saturated heterocycles. The highest BCUT2D eigenvalue weighted by atomic mass is 16.5. The first-order valence-electron chi connectivity index (χ1n) is 11.9. The summed E-state index contributed by atoms with van der Waals surface area (Å²) in [5.74, 6) is 2.30. The van der Waals surface area contributed by atoms with E-state index in [2.05, 4.69) is 44.5 Å². The Kier molecular flexibility index (Phi) is 5.86. The van der Waals surface area contributed by atoms with Crippen LogP contribution in [0.4, 0.5) is 11.5 Å². The molecule has 0 atom stereocenters. The summed E-state index contributed by atoms with van der Waals surface area (Å²) in [6.07, 6.45) is 6.65. The summed E-state index contributed by atoms with van der Waals surface area (Å²) >= 11 is 0. The van der Waals surface area contributed by atoms with Crippen LogP contribution in [0.3, 0.4) is 0 Å². The molecule has 1 aromatic heterocycles. The summed E-state index contributed by atoms with van der Waals surface area (Å²) in [7, 11) is 0. The second-order valence-corrected chi connectivity index (χ2v) is 9.88. The van der Waals surface area contributed by atoms with Gasteiger partial charge in [0.15, 0.2) is 11.5 Å². The molecular weight excluding hydrogens is 400 g/mol. The van der Waals surface area contributed by atoms with Crippen LogP contribution < -0.4 is 15.8 Å². The average Bonchev–Trinajstić information content (AvgIpc) is 2.80. The molecule has 0 spiro atoms. The number of benzene rings is 1. The summed E-state index contributed by atoms with van der Waals surface area (Å²) in [6.45, 7) is 9.99. The normalized spacial score (nSPS) is 25.5. The molecule has 0 amide bonds. The van der Waals surface area contributed by atoms with Crippen LogP contribution in [0, 0.1) is 5.92 Å². The molecule has 0 unspecified atom stereocenters. The highest BCUT2D eigenvalue weighted by Gasteiger charge is 2.35. The van der Waals surface area contributed by atoms with Gasteiger partial charge < -0.3 is 20.7 Å². The molecule has 2 fully saturated rings. The Morgan fingerprint density at radius 2 is 1.78 bits per heavy atom. The van der Waals surface area contributed by atoms with Crippen molar-refractivity contribution in [1.29, 1.82) is 0 Å². The maximum absolute atomic E-state index is 6.12. The summed E-state index contributed by atoms with van der Waals surface area (Å²) in [4.78, 5) is 15.7. The molecule has 2 aromatic rings. The fourth-order valence-electron chi connectivity index (χ4n) is 5.35. The number of nitrogens with one attached hydrogen (secondary N) is 1. The van der Waals surface area contributed by atoms with E-state index in [1.54, 1.807) is 0 Å². The zero-order valence-corrected chi connectivity index (χ0v) is 19.2. The van der Waals surface area contributed by atoms with Crippen LogP contribution in [0.2, 0.25) is 0 Å². The first-order valence-corrected chi connectivity index (χ1v) is 11.9. The van der Waals surface area contributed by atoms with Crippen molar-refractivity contribution in [3.63, 3.8) is 0 Å². The van der Waals surface area contributed by atoms with Gasteiger partial charge in [0.25, 0.3) is 0 Å². The topological polar surface area (TPSA) is 88.7 Å². The number of rotatable bonds is 4. The van der Waals surface area contributed by atoms with Crippen LogP contribution in [-0.2, 0) is 0 Å². The quantitative estimate of drug-likeness (QED) is 0.765. The molecule has 3 N–H and O–H groups in total. The Morgan fingerprint density at radius 3 is 2.50 bits per heavy atom. The van der Waals surface area contributed by atoms with E-state index in [0.717, 1.165) is 30.3 Å². The lowest BCUT2D eigenvalue weighted by Crippen LogP contribution is -2.45. The molecule has 3 heterocycles. The predicted octanol–water partition coefficient (Wildman–Crippen LogP) is 3.53. The van der Waals surface area contributed by atoms with E-state index in [-0.39, 0.29) is 0 Å². The lowest BCUT2D eigenvalue weighted by Gasteiger charge is -2.35. The van der Waals surface area contributed by atoms with E-state index in [4.69, 9.17) is 15.5 Å². The zero-order chi connectivity index (χ0) is 22.1. The number of anilines is 1. The third kappa shape index (κ3) is 4.36. The Bertz CT molecular complexity index is 972. The Morgan fingerprint density at radius 1 is 1.06 bits per heavy atom. The number of nitrogens with two attached hydrogens (primary N) is 1. The minimum absolute atomic E-state index is 0.345. The van der Waals surface area contributed by atoms with Crippen molar-refractivity contribution in [3.05, 3.63) is 41.7 Å². The maximum atomic E-state index is 6.12. The van der Waals surface area contributed by atoms with Crippen molar-refractivity contribution >= 4 is 17.2 Å². The summed E-state index contributed by atoms with van der Waals surface area (Å²) in [6, 6.07) is 8.90. The number of hydrogen-bond acceptors (Lipinski definition) is 7. The number of piperazine rings is 1. The number of fused-ring (bicyclic) bond motifs is 1. The monoisotopic (exact) mass is 434 g/mol. The minimum Gasteiger partial charge on any atom is -0.463 e. The second-order valence-electron chi connectivity index (χ2n) is 9.88. The van der Waals surface area contributed by atoms with Crippen molar-refractivity contribution in [1.82, 2.24) is 20.2 Å². The van der Waals surface area contributed by atoms with E-state index in [9.17, 15) is 0 Å². The van der Waals surface area contributed by atoms with E-state index in [1.165, 1.54) is 57.2 Å². The van der Waals surface area contributed by atoms with Gasteiger partial charge in [-0.05, 0) is 56.9 Å². The molecule has 1 aromatic carbocycles. The van der Waals surface area contributed by atoms with E-state index in [1.807, 2.05) is 13.8 Å². The van der Waals surface area contributed by atoms with Crippen LogP contribution in [0.1, 0.15) is 56.6 Å². The predicted molar refractivity (Wildman–Crippen MR) is 128 cm³/mol.